The van der Waals surface area contributed by atoms with Crippen molar-refractivity contribution >= 4 is 52.6 Å². The highest BCUT2D eigenvalue weighted by atomic mass is 35.5. The highest BCUT2D eigenvalue weighted by molar-refractivity contribution is 8.00. The zero-order valence-corrected chi connectivity index (χ0v) is 18.5. The maximum absolute atomic E-state index is 12.9. The monoisotopic (exact) mass is 455 g/mol. The number of oxime groups is 1. The first-order chi connectivity index (χ1) is 14.5. The molecule has 152 valence electrons. The lowest BCUT2D eigenvalue weighted by Crippen LogP contribution is -2.18. The van der Waals surface area contributed by atoms with Crippen molar-refractivity contribution in [2.24, 2.45) is 5.16 Å². The van der Waals surface area contributed by atoms with Gasteiger partial charge in [-0.25, -0.2) is 4.79 Å². The Morgan fingerprint density at radius 2 is 1.47 bits per heavy atom. The molecule has 4 nitrogen and oxygen atoms in total. The lowest BCUT2D eigenvalue weighted by atomic mass is 10.1. The summed E-state index contributed by atoms with van der Waals surface area (Å²) in [6.45, 7) is 1.24. The summed E-state index contributed by atoms with van der Waals surface area (Å²) in [7, 11) is 0. The number of Topliss-reactive ketones (excluding diaryl/α,β-unsaturated/α-hetero) is 1. The summed E-state index contributed by atoms with van der Waals surface area (Å²) in [5.74, 6) is -0.603. The Morgan fingerprint density at radius 1 is 0.867 bits per heavy atom. The zero-order chi connectivity index (χ0) is 21.3. The van der Waals surface area contributed by atoms with Gasteiger partial charge >= 0.3 is 5.97 Å². The molecule has 7 heteroatoms. The number of hydrogen-bond acceptors (Lipinski definition) is 6. The van der Waals surface area contributed by atoms with Crippen LogP contribution in [0.25, 0.3) is 0 Å². The van der Waals surface area contributed by atoms with E-state index >= 15 is 0 Å². The average molecular weight is 456 g/mol. The molecule has 0 radical (unpaired) electrons. The molecule has 3 aromatic rings. The number of benzene rings is 3. The van der Waals surface area contributed by atoms with Crippen LogP contribution in [-0.4, -0.2) is 23.2 Å². The van der Waals surface area contributed by atoms with Gasteiger partial charge in [-0.2, -0.15) is 0 Å². The van der Waals surface area contributed by atoms with Crippen LogP contribution < -0.4 is 0 Å². The average Bonchev–Trinajstić information content (AvgIpc) is 2.76. The minimum Gasteiger partial charge on any atom is -0.318 e. The molecule has 30 heavy (non-hydrogen) atoms. The van der Waals surface area contributed by atoms with E-state index in [9.17, 15) is 9.59 Å². The Balaban J connectivity index is 1.72. The fourth-order valence-corrected chi connectivity index (χ4v) is 4.18. The molecule has 0 aromatic heterocycles. The van der Waals surface area contributed by atoms with Gasteiger partial charge in [0.2, 0.25) is 5.78 Å². The third-order valence-corrected chi connectivity index (χ3v) is 6.12. The van der Waals surface area contributed by atoms with E-state index < -0.39 is 5.97 Å². The van der Waals surface area contributed by atoms with Crippen LogP contribution in [0.5, 0.6) is 0 Å². The van der Waals surface area contributed by atoms with E-state index in [2.05, 4.69) is 5.16 Å². The van der Waals surface area contributed by atoms with Crippen molar-refractivity contribution in [1.29, 1.82) is 0 Å². The lowest BCUT2D eigenvalue weighted by molar-refractivity contribution is -0.140. The molecule has 0 amide bonds. The van der Waals surface area contributed by atoms with Gasteiger partial charge < -0.3 is 4.84 Å². The van der Waals surface area contributed by atoms with E-state index in [1.54, 1.807) is 36.0 Å². The largest absolute Gasteiger partial charge is 0.331 e. The van der Waals surface area contributed by atoms with Crippen molar-refractivity contribution in [3.63, 3.8) is 0 Å². The molecule has 3 aromatic carbocycles. The molecule has 0 bridgehead atoms. The molecule has 0 saturated heterocycles. The molecule has 0 aliphatic rings. The Kier molecular flexibility index (Phi) is 8.13. The van der Waals surface area contributed by atoms with Crippen LogP contribution in [0, 0.1) is 0 Å². The SMILES string of the molecule is CC(=O)ON=C(CSc1ccc(Cl)cc1)C(=O)c1ccc(Sc2ccccc2)cc1. The topological polar surface area (TPSA) is 55.7 Å². The fourth-order valence-electron chi connectivity index (χ4n) is 2.40. The van der Waals surface area contributed by atoms with Crippen LogP contribution >= 0.6 is 35.1 Å². The minimum atomic E-state index is -0.577. The van der Waals surface area contributed by atoms with Gasteiger partial charge in [-0.3, -0.25) is 4.79 Å². The van der Waals surface area contributed by atoms with Gasteiger partial charge in [-0.1, -0.05) is 46.7 Å². The second kappa shape index (κ2) is 11.0. The number of rotatable bonds is 8. The zero-order valence-electron chi connectivity index (χ0n) is 16.1. The third-order valence-electron chi connectivity index (χ3n) is 3.83. The predicted molar refractivity (Wildman–Crippen MR) is 123 cm³/mol. The number of halogens is 1. The van der Waals surface area contributed by atoms with E-state index in [1.165, 1.54) is 18.7 Å². The van der Waals surface area contributed by atoms with Gasteiger partial charge in [0.05, 0.1) is 0 Å². The summed E-state index contributed by atoms with van der Waals surface area (Å²) in [6, 6.07) is 24.5. The molecule has 0 aliphatic heterocycles. The standard InChI is InChI=1S/C23H18ClNO3S2/c1-16(26)28-25-22(15-29-19-13-9-18(24)10-14-19)23(27)17-7-11-21(12-8-17)30-20-5-3-2-4-6-20/h2-14H,15H2,1H3. The molecular formula is C23H18ClNO3S2. The fraction of sp³-hybridized carbons (Fsp3) is 0.0870. The van der Waals surface area contributed by atoms with E-state index in [-0.39, 0.29) is 17.2 Å². The van der Waals surface area contributed by atoms with Gasteiger partial charge in [-0.15, -0.1) is 11.8 Å². The van der Waals surface area contributed by atoms with Crippen LogP contribution in [0.1, 0.15) is 17.3 Å². The smallest absolute Gasteiger partial charge is 0.318 e. The second-order valence-corrected chi connectivity index (χ2v) is 8.76. The van der Waals surface area contributed by atoms with Crippen LogP contribution in [0.2, 0.25) is 5.02 Å². The Bertz CT molecular complexity index is 1040. The molecule has 0 atom stereocenters. The Labute approximate surface area is 188 Å². The molecule has 0 fully saturated rings. The number of carbonyl (C=O) groups is 2. The number of hydrogen-bond donors (Lipinski definition) is 0. The highest BCUT2D eigenvalue weighted by Gasteiger charge is 2.16. The van der Waals surface area contributed by atoms with Gasteiger partial charge in [0.15, 0.2) is 0 Å². The summed E-state index contributed by atoms with van der Waals surface area (Å²) in [5, 5.41) is 4.42. The van der Waals surface area contributed by atoms with Crippen molar-refractivity contribution in [3.05, 3.63) is 89.4 Å². The van der Waals surface area contributed by atoms with E-state index in [1.807, 2.05) is 54.6 Å². The van der Waals surface area contributed by atoms with E-state index in [0.717, 1.165) is 14.7 Å². The molecule has 0 unspecified atom stereocenters. The molecule has 0 heterocycles. The Morgan fingerprint density at radius 3 is 2.10 bits per heavy atom. The van der Waals surface area contributed by atoms with Crippen molar-refractivity contribution in [2.45, 2.75) is 21.6 Å². The van der Waals surface area contributed by atoms with Crippen molar-refractivity contribution < 1.29 is 14.4 Å². The minimum absolute atomic E-state index is 0.161. The number of thioether (sulfide) groups is 1. The van der Waals surface area contributed by atoms with Crippen molar-refractivity contribution in [1.82, 2.24) is 0 Å². The third kappa shape index (κ3) is 6.76. The lowest BCUT2D eigenvalue weighted by Gasteiger charge is -2.07. The van der Waals surface area contributed by atoms with Crippen molar-refractivity contribution in [2.75, 3.05) is 5.75 Å². The van der Waals surface area contributed by atoms with Crippen molar-refractivity contribution in [3.8, 4) is 0 Å². The van der Waals surface area contributed by atoms with Gasteiger partial charge in [0, 0.05) is 37.9 Å². The van der Waals surface area contributed by atoms with Gasteiger partial charge in [-0.05, 0) is 60.7 Å². The van der Waals surface area contributed by atoms with Crippen LogP contribution in [0.4, 0.5) is 0 Å². The van der Waals surface area contributed by atoms with Gasteiger partial charge in [0.1, 0.15) is 5.71 Å². The molecule has 0 aliphatic carbocycles. The highest BCUT2D eigenvalue weighted by Crippen LogP contribution is 2.27. The van der Waals surface area contributed by atoms with Gasteiger partial charge in [0.25, 0.3) is 0 Å². The normalized spacial score (nSPS) is 11.2. The first kappa shape index (κ1) is 22.2. The number of nitrogens with zero attached hydrogens (tertiary/aromatic N) is 1. The molecule has 0 saturated carbocycles. The first-order valence-corrected chi connectivity index (χ1v) is 11.2. The molecule has 0 spiro atoms. The van der Waals surface area contributed by atoms with Crippen LogP contribution in [-0.2, 0) is 9.63 Å². The summed E-state index contributed by atoms with van der Waals surface area (Å²) in [4.78, 5) is 31.9. The second-order valence-electron chi connectivity index (χ2n) is 6.13. The summed E-state index contributed by atoms with van der Waals surface area (Å²) in [6.07, 6.45) is 0. The molecule has 0 N–H and O–H groups in total. The van der Waals surface area contributed by atoms with E-state index in [4.69, 9.17) is 16.4 Å². The summed E-state index contributed by atoms with van der Waals surface area (Å²) in [5.41, 5.74) is 0.642. The molecule has 3 rings (SSSR count). The molecular weight excluding hydrogens is 438 g/mol. The summed E-state index contributed by atoms with van der Waals surface area (Å²) >= 11 is 8.93. The van der Waals surface area contributed by atoms with Crippen LogP contribution in [0.15, 0.2) is 98.7 Å². The first-order valence-electron chi connectivity index (χ1n) is 9.02. The quantitative estimate of drug-likeness (QED) is 0.129. The number of ketones is 1. The number of carbonyl (C=O) groups excluding carboxylic acids is 2. The van der Waals surface area contributed by atoms with Crippen LogP contribution in [0.3, 0.4) is 0 Å². The maximum Gasteiger partial charge on any atom is 0.331 e. The van der Waals surface area contributed by atoms with E-state index in [0.29, 0.717) is 10.6 Å². The summed E-state index contributed by atoms with van der Waals surface area (Å²) < 4.78 is 0. The maximum atomic E-state index is 12.9. The Hall–Kier alpha value is -2.54. The predicted octanol–water partition coefficient (Wildman–Crippen LogP) is 6.39.